The van der Waals surface area contributed by atoms with E-state index in [1.807, 2.05) is 41.2 Å². The van der Waals surface area contributed by atoms with Gasteiger partial charge in [0.15, 0.2) is 5.82 Å². The average Bonchev–Trinajstić information content (AvgIpc) is 3.24. The van der Waals surface area contributed by atoms with Crippen molar-refractivity contribution in [2.45, 2.75) is 12.1 Å². The summed E-state index contributed by atoms with van der Waals surface area (Å²) in [7, 11) is 1.72. The molecule has 0 saturated carbocycles. The monoisotopic (exact) mass is 284 g/mol. The Morgan fingerprint density at radius 1 is 1.24 bits per heavy atom. The van der Waals surface area contributed by atoms with Crippen LogP contribution in [0.5, 0.6) is 0 Å². The number of hydrogen-bond acceptors (Lipinski definition) is 4. The Morgan fingerprint density at radius 2 is 2.19 bits per heavy atom. The minimum absolute atomic E-state index is 0.0507. The van der Waals surface area contributed by atoms with Crippen LogP contribution in [0.4, 0.5) is 0 Å². The lowest BCUT2D eigenvalue weighted by Gasteiger charge is -2.20. The van der Waals surface area contributed by atoms with Crippen molar-refractivity contribution in [3.8, 4) is 11.5 Å². The van der Waals surface area contributed by atoms with E-state index >= 15 is 0 Å². The van der Waals surface area contributed by atoms with Gasteiger partial charge < -0.3 is 14.0 Å². The lowest BCUT2D eigenvalue weighted by Crippen LogP contribution is -2.24. The van der Waals surface area contributed by atoms with Crippen molar-refractivity contribution in [1.82, 2.24) is 19.2 Å². The summed E-state index contributed by atoms with van der Waals surface area (Å²) in [5, 5.41) is 4.38. The number of imidazole rings is 1. The second-order valence-corrected chi connectivity index (χ2v) is 5.12. The van der Waals surface area contributed by atoms with Gasteiger partial charge in [0, 0.05) is 19.5 Å². The first kappa shape index (κ1) is 12.6. The van der Waals surface area contributed by atoms with Gasteiger partial charge in [0.25, 0.3) is 0 Å². The number of fused-ring (bicyclic) bond motifs is 1. The molecule has 0 aromatic carbocycles. The van der Waals surface area contributed by atoms with Crippen LogP contribution in [0.15, 0.2) is 42.9 Å². The standard InChI is InChI=1S/C15H16N4O2/c1-20-14-10-21-9-13(14)18-8-7-16-15(18)12-4-2-3-11-5-6-17-19(11)12/h2-8,13-14H,9-10H2,1H3/t13-,14+/m1/s1. The summed E-state index contributed by atoms with van der Waals surface area (Å²) in [4.78, 5) is 4.52. The average molecular weight is 284 g/mol. The summed E-state index contributed by atoms with van der Waals surface area (Å²) < 4.78 is 15.1. The molecule has 0 N–H and O–H groups in total. The Morgan fingerprint density at radius 3 is 3.10 bits per heavy atom. The molecule has 6 nitrogen and oxygen atoms in total. The Labute approximate surface area is 121 Å². The van der Waals surface area contributed by atoms with Crippen molar-refractivity contribution < 1.29 is 9.47 Å². The van der Waals surface area contributed by atoms with Crippen LogP contribution in [-0.4, -0.2) is 45.6 Å². The van der Waals surface area contributed by atoms with Crippen LogP contribution in [0.3, 0.4) is 0 Å². The number of nitrogens with zero attached hydrogens (tertiary/aromatic N) is 4. The molecule has 1 fully saturated rings. The van der Waals surface area contributed by atoms with Crippen LogP contribution in [0.1, 0.15) is 6.04 Å². The predicted molar refractivity (Wildman–Crippen MR) is 77.1 cm³/mol. The molecule has 1 aliphatic rings. The maximum atomic E-state index is 5.55. The zero-order valence-electron chi connectivity index (χ0n) is 11.7. The lowest BCUT2D eigenvalue weighted by molar-refractivity contribution is 0.0688. The SMILES string of the molecule is CO[C@H]1COC[C@H]1n1ccnc1-c1cccc2ccnn12. The van der Waals surface area contributed by atoms with E-state index in [4.69, 9.17) is 9.47 Å². The van der Waals surface area contributed by atoms with Gasteiger partial charge in [-0.1, -0.05) is 6.07 Å². The summed E-state index contributed by atoms with van der Waals surface area (Å²) >= 11 is 0. The molecule has 1 aliphatic heterocycles. The predicted octanol–water partition coefficient (Wildman–Crippen LogP) is 1.78. The van der Waals surface area contributed by atoms with E-state index in [2.05, 4.69) is 14.6 Å². The molecule has 21 heavy (non-hydrogen) atoms. The van der Waals surface area contributed by atoms with E-state index in [-0.39, 0.29) is 12.1 Å². The molecule has 3 aromatic rings. The highest BCUT2D eigenvalue weighted by Gasteiger charge is 2.31. The molecular formula is C15H16N4O2. The van der Waals surface area contributed by atoms with Gasteiger partial charge in [0.2, 0.25) is 0 Å². The first-order chi connectivity index (χ1) is 10.4. The minimum atomic E-state index is 0.0507. The molecule has 4 heterocycles. The fraction of sp³-hybridized carbons (Fsp3) is 0.333. The summed E-state index contributed by atoms with van der Waals surface area (Å²) in [5.41, 5.74) is 2.01. The van der Waals surface area contributed by atoms with Gasteiger partial charge in [0.05, 0.1) is 31.0 Å². The van der Waals surface area contributed by atoms with Gasteiger partial charge in [-0.15, -0.1) is 0 Å². The van der Waals surface area contributed by atoms with Crippen LogP contribution in [0, 0.1) is 0 Å². The highest BCUT2D eigenvalue weighted by Crippen LogP contribution is 2.28. The first-order valence-corrected chi connectivity index (χ1v) is 6.95. The molecule has 4 rings (SSSR count). The summed E-state index contributed by atoms with van der Waals surface area (Å²) in [6, 6.07) is 8.19. The van der Waals surface area contributed by atoms with E-state index in [9.17, 15) is 0 Å². The Kier molecular flexibility index (Phi) is 2.98. The minimum Gasteiger partial charge on any atom is -0.377 e. The molecule has 6 heteroatoms. The molecule has 1 saturated heterocycles. The second kappa shape index (κ2) is 4.98. The van der Waals surface area contributed by atoms with E-state index in [0.717, 1.165) is 17.0 Å². The van der Waals surface area contributed by atoms with Gasteiger partial charge in [-0.05, 0) is 18.2 Å². The number of hydrogen-bond donors (Lipinski definition) is 0. The smallest absolute Gasteiger partial charge is 0.159 e. The fourth-order valence-corrected chi connectivity index (χ4v) is 2.91. The number of ether oxygens (including phenoxy) is 2. The molecule has 0 bridgehead atoms. The maximum Gasteiger partial charge on any atom is 0.159 e. The Balaban J connectivity index is 1.84. The van der Waals surface area contributed by atoms with E-state index in [1.54, 1.807) is 13.3 Å². The highest BCUT2D eigenvalue weighted by atomic mass is 16.5. The normalized spacial score (nSPS) is 22.1. The van der Waals surface area contributed by atoms with Crippen molar-refractivity contribution in [2.24, 2.45) is 0 Å². The van der Waals surface area contributed by atoms with Gasteiger partial charge in [-0.3, -0.25) is 0 Å². The van der Waals surface area contributed by atoms with Crippen molar-refractivity contribution in [2.75, 3.05) is 20.3 Å². The third-order valence-corrected chi connectivity index (χ3v) is 3.98. The van der Waals surface area contributed by atoms with Gasteiger partial charge in [-0.2, -0.15) is 5.10 Å². The largest absolute Gasteiger partial charge is 0.377 e. The molecule has 0 radical (unpaired) electrons. The summed E-state index contributed by atoms with van der Waals surface area (Å²) in [5.74, 6) is 0.877. The quantitative estimate of drug-likeness (QED) is 0.735. The molecule has 3 aromatic heterocycles. The number of aromatic nitrogens is 4. The second-order valence-electron chi connectivity index (χ2n) is 5.12. The topological polar surface area (TPSA) is 53.6 Å². The lowest BCUT2D eigenvalue weighted by atomic mass is 10.2. The third kappa shape index (κ3) is 1.95. The van der Waals surface area contributed by atoms with Crippen molar-refractivity contribution in [3.63, 3.8) is 0 Å². The zero-order chi connectivity index (χ0) is 14.2. The summed E-state index contributed by atoms with van der Waals surface area (Å²) in [6.07, 6.45) is 5.63. The van der Waals surface area contributed by atoms with E-state index in [1.165, 1.54) is 0 Å². The van der Waals surface area contributed by atoms with Crippen LogP contribution in [0.2, 0.25) is 0 Å². The molecule has 0 aliphatic carbocycles. The first-order valence-electron chi connectivity index (χ1n) is 6.95. The van der Waals surface area contributed by atoms with Crippen LogP contribution < -0.4 is 0 Å². The maximum absolute atomic E-state index is 5.55. The number of rotatable bonds is 3. The molecule has 2 atom stereocenters. The summed E-state index contributed by atoms with van der Waals surface area (Å²) in [6.45, 7) is 1.25. The zero-order valence-corrected chi connectivity index (χ0v) is 11.7. The molecule has 0 unspecified atom stereocenters. The van der Waals surface area contributed by atoms with Gasteiger partial charge in [-0.25, -0.2) is 9.50 Å². The highest BCUT2D eigenvalue weighted by molar-refractivity contribution is 5.59. The van der Waals surface area contributed by atoms with Crippen molar-refractivity contribution in [1.29, 1.82) is 0 Å². The number of methoxy groups -OCH3 is 1. The van der Waals surface area contributed by atoms with Crippen LogP contribution in [-0.2, 0) is 9.47 Å². The van der Waals surface area contributed by atoms with Crippen LogP contribution >= 0.6 is 0 Å². The Bertz CT molecular complexity index is 764. The third-order valence-electron chi connectivity index (χ3n) is 3.98. The molecule has 0 amide bonds. The molecule has 0 spiro atoms. The Hall–Kier alpha value is -2.18. The number of pyridine rings is 1. The fourth-order valence-electron chi connectivity index (χ4n) is 2.91. The van der Waals surface area contributed by atoms with Crippen LogP contribution in [0.25, 0.3) is 17.0 Å². The van der Waals surface area contributed by atoms with Gasteiger partial charge in [0.1, 0.15) is 11.8 Å². The van der Waals surface area contributed by atoms with Gasteiger partial charge >= 0.3 is 0 Å². The van der Waals surface area contributed by atoms with E-state index in [0.29, 0.717) is 13.2 Å². The molecular weight excluding hydrogens is 268 g/mol. The van der Waals surface area contributed by atoms with Crippen molar-refractivity contribution in [3.05, 3.63) is 42.9 Å². The van der Waals surface area contributed by atoms with Crippen molar-refractivity contribution >= 4 is 5.52 Å². The van der Waals surface area contributed by atoms with E-state index < -0.39 is 0 Å². The molecule has 108 valence electrons.